The number of nitrogens with one attached hydrogen (secondary N) is 1. The van der Waals surface area contributed by atoms with Crippen LogP contribution in [0, 0.1) is 5.41 Å². The maximum absolute atomic E-state index is 3.66. The quantitative estimate of drug-likeness (QED) is 0.735. The summed E-state index contributed by atoms with van der Waals surface area (Å²) in [5, 5.41) is 3.66. The van der Waals surface area contributed by atoms with Gasteiger partial charge in [-0.05, 0) is 44.7 Å². The molecule has 2 saturated carbocycles. The van der Waals surface area contributed by atoms with Crippen LogP contribution in [0.1, 0.15) is 71.1 Å². The minimum atomic E-state index is 0.559. The Morgan fingerprint density at radius 1 is 1.00 bits per heavy atom. The molecule has 0 bridgehead atoms. The lowest BCUT2D eigenvalue weighted by Crippen LogP contribution is -2.45. The van der Waals surface area contributed by atoms with Gasteiger partial charge < -0.3 is 10.2 Å². The van der Waals surface area contributed by atoms with Gasteiger partial charge >= 0.3 is 0 Å². The summed E-state index contributed by atoms with van der Waals surface area (Å²) in [5.74, 6) is 0. The van der Waals surface area contributed by atoms with Crippen molar-refractivity contribution in [3.8, 4) is 0 Å². The molecule has 0 heterocycles. The van der Waals surface area contributed by atoms with E-state index >= 15 is 0 Å². The molecule has 2 fully saturated rings. The van der Waals surface area contributed by atoms with Crippen LogP contribution < -0.4 is 5.32 Å². The Labute approximate surface area is 120 Å². The Balaban J connectivity index is 1.94. The minimum Gasteiger partial charge on any atom is -0.316 e. The van der Waals surface area contributed by atoms with E-state index in [1.807, 2.05) is 0 Å². The van der Waals surface area contributed by atoms with E-state index in [9.17, 15) is 0 Å². The van der Waals surface area contributed by atoms with Gasteiger partial charge in [0.2, 0.25) is 0 Å². The molecule has 0 atom stereocenters. The summed E-state index contributed by atoms with van der Waals surface area (Å²) in [6.07, 6.45) is 14.5. The first-order valence-corrected chi connectivity index (χ1v) is 8.67. The van der Waals surface area contributed by atoms with E-state index in [4.69, 9.17) is 0 Å². The van der Waals surface area contributed by atoms with Crippen molar-refractivity contribution >= 4 is 0 Å². The smallest absolute Gasteiger partial charge is 0.00924 e. The summed E-state index contributed by atoms with van der Waals surface area (Å²) in [6, 6.07) is 0.877. The molecule has 0 amide bonds. The second kappa shape index (κ2) is 7.64. The molecule has 2 aliphatic rings. The SMILES string of the molecule is CCNCC1(CN(C)C2CCCC2)CCCCCC1. The maximum atomic E-state index is 3.66. The highest BCUT2D eigenvalue weighted by atomic mass is 15.1. The van der Waals surface area contributed by atoms with Crippen LogP contribution in [0.4, 0.5) is 0 Å². The molecule has 0 aromatic heterocycles. The van der Waals surface area contributed by atoms with Crippen molar-refractivity contribution in [2.45, 2.75) is 77.2 Å². The van der Waals surface area contributed by atoms with E-state index in [1.165, 1.54) is 77.3 Å². The van der Waals surface area contributed by atoms with Crippen molar-refractivity contribution in [1.82, 2.24) is 10.2 Å². The highest BCUT2D eigenvalue weighted by Gasteiger charge is 2.33. The lowest BCUT2D eigenvalue weighted by atomic mass is 9.79. The molecule has 2 aliphatic carbocycles. The molecule has 0 spiro atoms. The zero-order valence-corrected chi connectivity index (χ0v) is 13.2. The Morgan fingerprint density at radius 3 is 2.21 bits per heavy atom. The Bertz CT molecular complexity index is 238. The van der Waals surface area contributed by atoms with Crippen LogP contribution in [0.3, 0.4) is 0 Å². The predicted molar refractivity (Wildman–Crippen MR) is 83.6 cm³/mol. The number of hydrogen-bond acceptors (Lipinski definition) is 2. The third-order valence-corrected chi connectivity index (χ3v) is 5.45. The summed E-state index contributed by atoms with van der Waals surface area (Å²) >= 11 is 0. The summed E-state index contributed by atoms with van der Waals surface area (Å²) in [5.41, 5.74) is 0.559. The van der Waals surface area contributed by atoms with Gasteiger partial charge in [-0.15, -0.1) is 0 Å². The zero-order chi connectivity index (χ0) is 13.6. The van der Waals surface area contributed by atoms with Crippen LogP contribution in [0.2, 0.25) is 0 Å². The molecule has 112 valence electrons. The first-order valence-electron chi connectivity index (χ1n) is 8.67. The van der Waals surface area contributed by atoms with Crippen molar-refractivity contribution in [1.29, 1.82) is 0 Å². The molecule has 0 saturated heterocycles. The van der Waals surface area contributed by atoms with Crippen LogP contribution in [-0.2, 0) is 0 Å². The van der Waals surface area contributed by atoms with E-state index < -0.39 is 0 Å². The van der Waals surface area contributed by atoms with Crippen molar-refractivity contribution in [2.75, 3.05) is 26.7 Å². The van der Waals surface area contributed by atoms with Crippen LogP contribution in [0.25, 0.3) is 0 Å². The average Bonchev–Trinajstić information content (AvgIpc) is 2.86. The molecule has 2 rings (SSSR count). The van der Waals surface area contributed by atoms with Crippen molar-refractivity contribution in [3.05, 3.63) is 0 Å². The Kier molecular flexibility index (Phi) is 6.15. The molecular formula is C17H34N2. The molecule has 19 heavy (non-hydrogen) atoms. The second-order valence-electron chi connectivity index (χ2n) is 7.05. The first-order chi connectivity index (χ1) is 9.26. The van der Waals surface area contributed by atoms with Crippen molar-refractivity contribution in [2.24, 2.45) is 5.41 Å². The summed E-state index contributed by atoms with van der Waals surface area (Å²) in [4.78, 5) is 2.70. The van der Waals surface area contributed by atoms with E-state index in [-0.39, 0.29) is 0 Å². The average molecular weight is 266 g/mol. The van der Waals surface area contributed by atoms with Crippen LogP contribution >= 0.6 is 0 Å². The lowest BCUT2D eigenvalue weighted by molar-refractivity contribution is 0.116. The van der Waals surface area contributed by atoms with Crippen LogP contribution in [-0.4, -0.2) is 37.6 Å². The monoisotopic (exact) mass is 266 g/mol. The molecular weight excluding hydrogens is 232 g/mol. The molecule has 0 radical (unpaired) electrons. The van der Waals surface area contributed by atoms with E-state index in [0.717, 1.165) is 12.6 Å². The molecule has 0 unspecified atom stereocenters. The number of hydrogen-bond donors (Lipinski definition) is 1. The van der Waals surface area contributed by atoms with Crippen LogP contribution in [0.15, 0.2) is 0 Å². The number of nitrogens with zero attached hydrogens (tertiary/aromatic N) is 1. The van der Waals surface area contributed by atoms with Gasteiger partial charge in [-0.2, -0.15) is 0 Å². The van der Waals surface area contributed by atoms with Crippen molar-refractivity contribution < 1.29 is 0 Å². The maximum Gasteiger partial charge on any atom is 0.00924 e. The predicted octanol–water partition coefficient (Wildman–Crippen LogP) is 3.81. The largest absolute Gasteiger partial charge is 0.316 e. The highest BCUT2D eigenvalue weighted by Crippen LogP contribution is 2.36. The summed E-state index contributed by atoms with van der Waals surface area (Å²) < 4.78 is 0. The van der Waals surface area contributed by atoms with Gasteiger partial charge in [-0.25, -0.2) is 0 Å². The Morgan fingerprint density at radius 2 is 1.63 bits per heavy atom. The fourth-order valence-corrected chi connectivity index (χ4v) is 4.26. The van der Waals surface area contributed by atoms with Crippen molar-refractivity contribution in [3.63, 3.8) is 0 Å². The van der Waals surface area contributed by atoms with E-state index in [2.05, 4.69) is 24.2 Å². The van der Waals surface area contributed by atoms with Gasteiger partial charge in [0.05, 0.1) is 0 Å². The molecule has 2 nitrogen and oxygen atoms in total. The lowest BCUT2D eigenvalue weighted by Gasteiger charge is -2.39. The van der Waals surface area contributed by atoms with Gasteiger partial charge in [0.25, 0.3) is 0 Å². The molecule has 0 aromatic carbocycles. The molecule has 0 aromatic rings. The van der Waals surface area contributed by atoms with Gasteiger partial charge in [-0.3, -0.25) is 0 Å². The van der Waals surface area contributed by atoms with E-state index in [1.54, 1.807) is 0 Å². The van der Waals surface area contributed by atoms with Gasteiger partial charge in [0.1, 0.15) is 0 Å². The van der Waals surface area contributed by atoms with Gasteiger partial charge in [-0.1, -0.05) is 45.4 Å². The van der Waals surface area contributed by atoms with Gasteiger partial charge in [0, 0.05) is 19.1 Å². The molecule has 2 heteroatoms. The summed E-state index contributed by atoms with van der Waals surface area (Å²) in [6.45, 7) is 5.92. The normalized spacial score (nSPS) is 24.8. The number of rotatable bonds is 6. The fraction of sp³-hybridized carbons (Fsp3) is 1.00. The molecule has 1 N–H and O–H groups in total. The van der Waals surface area contributed by atoms with E-state index in [0.29, 0.717) is 5.41 Å². The first kappa shape index (κ1) is 15.3. The third kappa shape index (κ3) is 4.46. The molecule has 0 aliphatic heterocycles. The second-order valence-corrected chi connectivity index (χ2v) is 7.05. The highest BCUT2D eigenvalue weighted by molar-refractivity contribution is 4.88. The minimum absolute atomic E-state index is 0.559. The van der Waals surface area contributed by atoms with Gasteiger partial charge in [0.15, 0.2) is 0 Å². The summed E-state index contributed by atoms with van der Waals surface area (Å²) in [7, 11) is 2.38. The topological polar surface area (TPSA) is 15.3 Å². The standard InChI is InChI=1S/C17H34N2/c1-3-18-14-17(12-8-4-5-9-13-17)15-19(2)16-10-6-7-11-16/h16,18H,3-15H2,1-2H3. The third-order valence-electron chi connectivity index (χ3n) is 5.45. The Hall–Kier alpha value is -0.0800. The zero-order valence-electron chi connectivity index (χ0n) is 13.2. The van der Waals surface area contributed by atoms with Crippen LogP contribution in [0.5, 0.6) is 0 Å². The fourth-order valence-electron chi connectivity index (χ4n) is 4.26.